The number of carbonyl (C=O) groups excluding carboxylic acids is 1. The van der Waals surface area contributed by atoms with Gasteiger partial charge >= 0.3 is 18.0 Å². The van der Waals surface area contributed by atoms with Crippen molar-refractivity contribution in [3.8, 4) is 11.1 Å². The lowest BCUT2D eigenvalue weighted by molar-refractivity contribution is -0.143. The van der Waals surface area contributed by atoms with E-state index < -0.39 is 47.1 Å². The Labute approximate surface area is 206 Å². The summed E-state index contributed by atoms with van der Waals surface area (Å²) >= 11 is 0. The molecule has 0 N–H and O–H groups in total. The van der Waals surface area contributed by atoms with Crippen molar-refractivity contribution in [2.45, 2.75) is 25.8 Å². The number of fused-ring (bicyclic) bond motifs is 1. The maximum absolute atomic E-state index is 13.5. The first-order valence-corrected chi connectivity index (χ1v) is 10.9. The van der Waals surface area contributed by atoms with Gasteiger partial charge in [0, 0.05) is 24.5 Å². The predicted octanol–water partition coefficient (Wildman–Crippen LogP) is 7.08. The summed E-state index contributed by atoms with van der Waals surface area (Å²) in [7, 11) is 1.19. The molecule has 0 aliphatic rings. The highest BCUT2D eigenvalue weighted by Gasteiger charge is 2.37. The van der Waals surface area contributed by atoms with Crippen LogP contribution in [0.2, 0.25) is 0 Å². The van der Waals surface area contributed by atoms with Crippen molar-refractivity contribution < 1.29 is 35.6 Å². The molecule has 1 heterocycles. The first kappa shape index (κ1) is 26.0. The number of carbonyl (C=O) groups is 1. The van der Waals surface area contributed by atoms with E-state index in [-0.39, 0.29) is 22.8 Å². The van der Waals surface area contributed by atoms with Crippen LogP contribution in [0.1, 0.15) is 32.6 Å². The molecule has 4 nitrogen and oxygen atoms in total. The van der Waals surface area contributed by atoms with Crippen LogP contribution < -0.4 is 5.63 Å². The smallest absolute Gasteiger partial charge is 0.416 e. The minimum absolute atomic E-state index is 0.0135. The Morgan fingerprint density at radius 3 is 2.03 bits per heavy atom. The van der Waals surface area contributed by atoms with Crippen LogP contribution in [0, 0.1) is 6.92 Å². The second-order valence-corrected chi connectivity index (χ2v) is 8.53. The summed E-state index contributed by atoms with van der Waals surface area (Å²) in [4.78, 5) is 27.4. The van der Waals surface area contributed by atoms with Gasteiger partial charge in [0.25, 0.3) is 5.91 Å². The van der Waals surface area contributed by atoms with Crippen LogP contribution in [0.5, 0.6) is 0 Å². The first-order chi connectivity index (χ1) is 17.3. The van der Waals surface area contributed by atoms with Gasteiger partial charge in [-0.05, 0) is 47.9 Å². The van der Waals surface area contributed by atoms with E-state index in [1.165, 1.54) is 7.05 Å². The largest absolute Gasteiger partial charge is 0.422 e. The molecule has 0 aliphatic carbocycles. The summed E-state index contributed by atoms with van der Waals surface area (Å²) in [5.74, 6) is -0.913. The Morgan fingerprint density at radius 2 is 1.43 bits per heavy atom. The quantitative estimate of drug-likeness (QED) is 0.214. The molecule has 4 aromatic rings. The van der Waals surface area contributed by atoms with Gasteiger partial charge in [0.1, 0.15) is 11.1 Å². The summed E-state index contributed by atoms with van der Waals surface area (Å²) in [5.41, 5.74) is -2.97. The van der Waals surface area contributed by atoms with Crippen LogP contribution in [-0.4, -0.2) is 17.9 Å². The SMILES string of the molecule is Cc1ccccc1-c1c(C(=O)N(C)Cc2cc(C(F)(F)F)cc(C(F)(F)F)c2)c(=O)oc2ccccc12. The van der Waals surface area contributed by atoms with Crippen molar-refractivity contribution >= 4 is 16.9 Å². The van der Waals surface area contributed by atoms with Gasteiger partial charge in [0.15, 0.2) is 0 Å². The molecule has 0 fully saturated rings. The molecule has 0 aliphatic heterocycles. The second kappa shape index (κ2) is 9.42. The van der Waals surface area contributed by atoms with Crippen molar-refractivity contribution in [3.05, 3.63) is 105 Å². The molecule has 0 bridgehead atoms. The highest BCUT2D eigenvalue weighted by molar-refractivity contribution is 6.08. The topological polar surface area (TPSA) is 50.5 Å². The molecule has 0 unspecified atom stereocenters. The van der Waals surface area contributed by atoms with Crippen LogP contribution in [-0.2, 0) is 18.9 Å². The van der Waals surface area contributed by atoms with E-state index in [0.29, 0.717) is 23.1 Å². The van der Waals surface area contributed by atoms with Crippen LogP contribution in [0.3, 0.4) is 0 Å². The average Bonchev–Trinajstić information content (AvgIpc) is 2.82. The van der Waals surface area contributed by atoms with E-state index >= 15 is 0 Å². The summed E-state index contributed by atoms with van der Waals surface area (Å²) < 4.78 is 85.0. The maximum Gasteiger partial charge on any atom is 0.416 e. The lowest BCUT2D eigenvalue weighted by Crippen LogP contribution is -2.31. The number of nitrogens with zero attached hydrogens (tertiary/aromatic N) is 1. The number of benzene rings is 3. The average molecular weight is 519 g/mol. The molecule has 192 valence electrons. The van der Waals surface area contributed by atoms with Crippen molar-refractivity contribution in [2.24, 2.45) is 0 Å². The summed E-state index contributed by atoms with van der Waals surface area (Å²) in [5, 5.41) is 0.451. The van der Waals surface area contributed by atoms with Gasteiger partial charge in [0.2, 0.25) is 0 Å². The van der Waals surface area contributed by atoms with Crippen molar-refractivity contribution in [1.29, 1.82) is 0 Å². The van der Waals surface area contributed by atoms with E-state index in [0.717, 1.165) is 10.5 Å². The molecule has 0 spiro atoms. The van der Waals surface area contributed by atoms with E-state index in [1.807, 2.05) is 0 Å². The van der Waals surface area contributed by atoms with E-state index in [4.69, 9.17) is 4.42 Å². The van der Waals surface area contributed by atoms with Crippen molar-refractivity contribution in [1.82, 2.24) is 4.90 Å². The van der Waals surface area contributed by atoms with Crippen LogP contribution in [0.15, 0.2) is 75.9 Å². The number of amides is 1. The van der Waals surface area contributed by atoms with Crippen LogP contribution in [0.4, 0.5) is 26.3 Å². The van der Waals surface area contributed by atoms with E-state index in [9.17, 15) is 35.9 Å². The van der Waals surface area contributed by atoms with E-state index in [2.05, 4.69) is 0 Å². The summed E-state index contributed by atoms with van der Waals surface area (Å²) in [6.07, 6.45) is -10.1. The number of alkyl halides is 6. The lowest BCUT2D eigenvalue weighted by Gasteiger charge is -2.21. The van der Waals surface area contributed by atoms with Crippen LogP contribution >= 0.6 is 0 Å². The fraction of sp³-hybridized carbons (Fsp3) is 0.185. The van der Waals surface area contributed by atoms with Crippen LogP contribution in [0.25, 0.3) is 22.1 Å². The summed E-state index contributed by atoms with van der Waals surface area (Å²) in [6, 6.07) is 14.6. The fourth-order valence-electron chi connectivity index (χ4n) is 4.12. The predicted molar refractivity (Wildman–Crippen MR) is 125 cm³/mol. The van der Waals surface area contributed by atoms with Crippen molar-refractivity contribution in [3.63, 3.8) is 0 Å². The number of rotatable bonds is 4. The zero-order valence-electron chi connectivity index (χ0n) is 19.5. The maximum atomic E-state index is 13.5. The third-order valence-corrected chi connectivity index (χ3v) is 5.86. The number of hydrogen-bond donors (Lipinski definition) is 0. The molecule has 1 amide bonds. The van der Waals surface area contributed by atoms with Gasteiger partial charge in [0.05, 0.1) is 11.1 Å². The zero-order valence-corrected chi connectivity index (χ0v) is 19.5. The molecule has 0 radical (unpaired) electrons. The molecule has 0 saturated heterocycles. The molecule has 10 heteroatoms. The van der Waals surface area contributed by atoms with Gasteiger partial charge in [-0.1, -0.05) is 42.5 Å². The third-order valence-electron chi connectivity index (χ3n) is 5.86. The molecule has 4 rings (SSSR count). The highest BCUT2D eigenvalue weighted by Crippen LogP contribution is 2.37. The van der Waals surface area contributed by atoms with Gasteiger partial charge < -0.3 is 9.32 Å². The van der Waals surface area contributed by atoms with Gasteiger partial charge in [-0.3, -0.25) is 4.79 Å². The second-order valence-electron chi connectivity index (χ2n) is 8.53. The number of para-hydroxylation sites is 1. The minimum atomic E-state index is -5.03. The Bertz CT molecular complexity index is 1520. The number of halogens is 6. The standard InChI is InChI=1S/C27H19F6NO3/c1-15-7-3-4-8-19(15)22-20-9-5-6-10-21(20)37-25(36)23(22)24(35)34(2)14-16-11-17(26(28,29)30)13-18(12-16)27(31,32)33/h3-13H,14H2,1-2H3. The minimum Gasteiger partial charge on any atom is -0.422 e. The number of aryl methyl sites for hydroxylation is 1. The third kappa shape index (κ3) is 5.23. The fourth-order valence-corrected chi connectivity index (χ4v) is 4.12. The molecule has 37 heavy (non-hydrogen) atoms. The van der Waals surface area contributed by atoms with E-state index in [1.54, 1.807) is 55.5 Å². The van der Waals surface area contributed by atoms with Gasteiger partial charge in [-0.15, -0.1) is 0 Å². The zero-order chi connectivity index (χ0) is 27.1. The Morgan fingerprint density at radius 1 is 0.865 bits per heavy atom. The van der Waals surface area contributed by atoms with Gasteiger partial charge in [-0.2, -0.15) is 26.3 Å². The Kier molecular flexibility index (Phi) is 6.62. The highest BCUT2D eigenvalue weighted by atomic mass is 19.4. The molecule has 1 aromatic heterocycles. The molecular formula is C27H19F6NO3. The first-order valence-electron chi connectivity index (χ1n) is 10.9. The molecule has 3 aromatic carbocycles. The van der Waals surface area contributed by atoms with Crippen molar-refractivity contribution in [2.75, 3.05) is 7.05 Å². The normalized spacial score (nSPS) is 12.1. The molecular weight excluding hydrogens is 500 g/mol. The molecule has 0 saturated carbocycles. The van der Waals surface area contributed by atoms with Gasteiger partial charge in [-0.25, -0.2) is 4.79 Å². The molecule has 0 atom stereocenters. The number of hydrogen-bond acceptors (Lipinski definition) is 3. The lowest BCUT2D eigenvalue weighted by atomic mass is 9.93. The Hall–Kier alpha value is -4.08. The summed E-state index contributed by atoms with van der Waals surface area (Å²) in [6.45, 7) is 1.16. The monoisotopic (exact) mass is 519 g/mol. The Balaban J connectivity index is 1.84.